The molecule has 2 aromatic carbocycles. The van der Waals surface area contributed by atoms with Crippen LogP contribution in [0.1, 0.15) is 12.5 Å². The number of rotatable bonds is 7. The number of carbonyl (C=O) groups excluding carboxylic acids is 1. The highest BCUT2D eigenvalue weighted by Gasteiger charge is 2.21. The van der Waals surface area contributed by atoms with Crippen LogP contribution in [0, 0.1) is 0 Å². The number of ether oxygens (including phenoxy) is 1. The second-order valence-corrected chi connectivity index (χ2v) is 7.69. The lowest BCUT2D eigenvalue weighted by Crippen LogP contribution is -2.35. The summed E-state index contributed by atoms with van der Waals surface area (Å²) in [6.07, 6.45) is 0. The highest BCUT2D eigenvalue weighted by atomic mass is 79.9. The van der Waals surface area contributed by atoms with Crippen molar-refractivity contribution in [2.75, 3.05) is 7.11 Å². The van der Waals surface area contributed by atoms with Gasteiger partial charge in [-0.3, -0.25) is 13.8 Å². The van der Waals surface area contributed by atoms with Gasteiger partial charge in [0, 0.05) is 9.37 Å². The summed E-state index contributed by atoms with van der Waals surface area (Å²) < 4.78 is 18.3. The summed E-state index contributed by atoms with van der Waals surface area (Å²) in [5.74, 6) is 0.325. The van der Waals surface area contributed by atoms with E-state index in [1.165, 1.54) is 0 Å². The quantitative estimate of drug-likeness (QED) is 0.710. The number of hydrogen-bond acceptors (Lipinski definition) is 4. The van der Waals surface area contributed by atoms with Gasteiger partial charge in [0.25, 0.3) is 5.91 Å². The third-order valence-electron chi connectivity index (χ3n) is 3.31. The van der Waals surface area contributed by atoms with E-state index in [1.807, 2.05) is 24.3 Å². The van der Waals surface area contributed by atoms with Crippen molar-refractivity contribution in [2.24, 2.45) is 0 Å². The van der Waals surface area contributed by atoms with Crippen molar-refractivity contribution in [1.82, 2.24) is 5.48 Å². The fourth-order valence-electron chi connectivity index (χ4n) is 1.87. The van der Waals surface area contributed by atoms with Gasteiger partial charge in [0.2, 0.25) is 0 Å². The molecule has 2 rings (SSSR count). The van der Waals surface area contributed by atoms with Crippen LogP contribution >= 0.6 is 15.9 Å². The molecule has 0 aliphatic heterocycles. The molecule has 0 aromatic heterocycles. The fraction of sp³-hybridized carbons (Fsp3) is 0.235. The van der Waals surface area contributed by atoms with Gasteiger partial charge >= 0.3 is 0 Å². The Labute approximate surface area is 151 Å². The van der Waals surface area contributed by atoms with Crippen molar-refractivity contribution in [3.05, 3.63) is 58.6 Å². The second-order valence-electron chi connectivity index (χ2n) is 5.00. The molecule has 0 aliphatic rings. The zero-order chi connectivity index (χ0) is 17.5. The maximum absolute atomic E-state index is 12.4. The Balaban J connectivity index is 1.84. The Morgan fingerprint density at radius 2 is 1.79 bits per heavy atom. The number of nitrogens with one attached hydrogen (secondary N) is 1. The molecule has 1 N–H and O–H groups in total. The Bertz CT molecular complexity index is 704. The van der Waals surface area contributed by atoms with Crippen molar-refractivity contribution in [1.29, 1.82) is 0 Å². The Hall–Kier alpha value is -1.70. The van der Waals surface area contributed by atoms with E-state index in [4.69, 9.17) is 9.57 Å². The second kappa shape index (κ2) is 8.96. The molecule has 0 spiro atoms. The summed E-state index contributed by atoms with van der Waals surface area (Å²) in [5.41, 5.74) is 3.24. The SMILES string of the molecule is COc1ccc(CONC(=O)C(C)S(=O)c2ccc(Br)cc2)cc1. The molecular formula is C17H18BrNO4S. The van der Waals surface area contributed by atoms with E-state index in [0.717, 1.165) is 15.8 Å². The third-order valence-corrected chi connectivity index (χ3v) is 5.43. The van der Waals surface area contributed by atoms with Crippen LogP contribution in [0.4, 0.5) is 0 Å². The van der Waals surface area contributed by atoms with Gasteiger partial charge in [-0.05, 0) is 48.9 Å². The molecule has 5 nitrogen and oxygen atoms in total. The number of amides is 1. The molecule has 0 saturated carbocycles. The van der Waals surface area contributed by atoms with Gasteiger partial charge in [-0.15, -0.1) is 0 Å². The van der Waals surface area contributed by atoms with Gasteiger partial charge in [-0.25, -0.2) is 5.48 Å². The fourth-order valence-corrected chi connectivity index (χ4v) is 3.18. The van der Waals surface area contributed by atoms with E-state index in [2.05, 4.69) is 21.4 Å². The average molecular weight is 412 g/mol. The Kier molecular flexibility index (Phi) is 6.96. The minimum Gasteiger partial charge on any atom is -0.497 e. The summed E-state index contributed by atoms with van der Waals surface area (Å²) in [5, 5.41) is -0.720. The van der Waals surface area contributed by atoms with Crippen LogP contribution in [0.3, 0.4) is 0 Å². The lowest BCUT2D eigenvalue weighted by molar-refractivity contribution is -0.133. The van der Waals surface area contributed by atoms with Crippen molar-refractivity contribution in [3.8, 4) is 5.75 Å². The molecule has 0 radical (unpaired) electrons. The standard InChI is InChI=1S/C17H18BrNO4S/c1-12(24(21)16-9-5-14(18)6-10-16)17(20)19-23-11-13-3-7-15(22-2)8-4-13/h3-10,12H,11H2,1-2H3,(H,19,20). The third kappa shape index (κ3) is 5.15. The van der Waals surface area contributed by atoms with E-state index < -0.39 is 22.0 Å². The molecule has 0 fully saturated rings. The topological polar surface area (TPSA) is 64.6 Å². The van der Waals surface area contributed by atoms with Crippen molar-refractivity contribution in [2.45, 2.75) is 23.7 Å². The first-order chi connectivity index (χ1) is 11.5. The van der Waals surface area contributed by atoms with Crippen LogP contribution in [0.2, 0.25) is 0 Å². The largest absolute Gasteiger partial charge is 0.497 e. The zero-order valence-corrected chi connectivity index (χ0v) is 15.7. The van der Waals surface area contributed by atoms with Crippen LogP contribution in [0.5, 0.6) is 5.75 Å². The summed E-state index contributed by atoms with van der Waals surface area (Å²) in [6.45, 7) is 1.82. The first-order valence-corrected chi connectivity index (χ1v) is 9.22. The lowest BCUT2D eigenvalue weighted by Gasteiger charge is -2.12. The predicted molar refractivity (Wildman–Crippen MR) is 95.9 cm³/mol. The summed E-state index contributed by atoms with van der Waals surface area (Å²) in [4.78, 5) is 17.8. The van der Waals surface area contributed by atoms with Gasteiger partial charge in [0.05, 0.1) is 24.5 Å². The predicted octanol–water partition coefficient (Wildman–Crippen LogP) is 3.20. The molecule has 1 amide bonds. The van der Waals surface area contributed by atoms with E-state index in [-0.39, 0.29) is 6.61 Å². The first kappa shape index (κ1) is 18.6. The van der Waals surface area contributed by atoms with Gasteiger partial charge in [-0.1, -0.05) is 28.1 Å². The van der Waals surface area contributed by atoms with Gasteiger partial charge < -0.3 is 4.74 Å². The molecule has 0 saturated heterocycles. The van der Waals surface area contributed by atoms with Crippen molar-refractivity contribution < 1.29 is 18.6 Å². The van der Waals surface area contributed by atoms with Crippen molar-refractivity contribution >= 4 is 32.6 Å². The maximum atomic E-state index is 12.4. The van der Waals surface area contributed by atoms with E-state index in [1.54, 1.807) is 38.3 Å². The van der Waals surface area contributed by atoms with Crippen LogP contribution in [-0.2, 0) is 27.0 Å². The van der Waals surface area contributed by atoms with Gasteiger partial charge in [0.15, 0.2) is 0 Å². The van der Waals surface area contributed by atoms with Crippen molar-refractivity contribution in [3.63, 3.8) is 0 Å². The lowest BCUT2D eigenvalue weighted by atomic mass is 10.2. The molecular weight excluding hydrogens is 394 g/mol. The number of hydrogen-bond donors (Lipinski definition) is 1. The van der Waals surface area contributed by atoms with E-state index in [9.17, 15) is 9.00 Å². The van der Waals surface area contributed by atoms with E-state index >= 15 is 0 Å². The van der Waals surface area contributed by atoms with Crippen LogP contribution in [0.25, 0.3) is 0 Å². The molecule has 128 valence electrons. The molecule has 0 aliphatic carbocycles. The zero-order valence-electron chi connectivity index (χ0n) is 13.3. The first-order valence-electron chi connectivity index (χ1n) is 7.22. The molecule has 24 heavy (non-hydrogen) atoms. The Morgan fingerprint density at radius 1 is 1.17 bits per heavy atom. The highest BCUT2D eigenvalue weighted by Crippen LogP contribution is 2.16. The maximum Gasteiger partial charge on any atom is 0.259 e. The number of methoxy groups -OCH3 is 1. The molecule has 7 heteroatoms. The monoisotopic (exact) mass is 411 g/mol. The smallest absolute Gasteiger partial charge is 0.259 e. The van der Waals surface area contributed by atoms with Crippen LogP contribution < -0.4 is 10.2 Å². The normalized spacial score (nSPS) is 13.1. The summed E-state index contributed by atoms with van der Waals surface area (Å²) in [6, 6.07) is 14.3. The summed E-state index contributed by atoms with van der Waals surface area (Å²) >= 11 is 3.32. The highest BCUT2D eigenvalue weighted by molar-refractivity contribution is 9.10. The number of benzene rings is 2. The van der Waals surface area contributed by atoms with Gasteiger partial charge in [0.1, 0.15) is 11.0 Å². The molecule has 0 bridgehead atoms. The average Bonchev–Trinajstić information content (AvgIpc) is 2.61. The number of carbonyl (C=O) groups is 1. The minimum atomic E-state index is -1.45. The van der Waals surface area contributed by atoms with E-state index in [0.29, 0.717) is 4.90 Å². The van der Waals surface area contributed by atoms with Gasteiger partial charge in [-0.2, -0.15) is 0 Å². The molecule has 2 atom stereocenters. The number of halogens is 1. The molecule has 0 heterocycles. The van der Waals surface area contributed by atoms with Crippen LogP contribution in [0.15, 0.2) is 57.9 Å². The summed E-state index contributed by atoms with van der Waals surface area (Å²) in [7, 11) is 0.148. The van der Waals surface area contributed by atoms with Crippen LogP contribution in [-0.4, -0.2) is 22.5 Å². The molecule has 2 unspecified atom stereocenters. The molecule has 2 aromatic rings. The minimum absolute atomic E-state index is 0.216. The number of hydroxylamine groups is 1. The Morgan fingerprint density at radius 3 is 2.38 bits per heavy atom.